The quantitative estimate of drug-likeness (QED) is 0.752. The Bertz CT molecular complexity index is 501. The number of amides is 1. The van der Waals surface area contributed by atoms with Gasteiger partial charge in [0.1, 0.15) is 5.54 Å². The predicted molar refractivity (Wildman–Crippen MR) is 82.6 cm³/mol. The molecule has 0 aliphatic heterocycles. The Hall–Kier alpha value is -0.820. The molecular formula is C13H15ClINO3. The highest BCUT2D eigenvalue weighted by Crippen LogP contribution is 2.21. The van der Waals surface area contributed by atoms with Gasteiger partial charge in [0.2, 0.25) is 0 Å². The van der Waals surface area contributed by atoms with E-state index in [1.165, 1.54) is 6.07 Å². The van der Waals surface area contributed by atoms with E-state index >= 15 is 0 Å². The average molecular weight is 396 g/mol. The predicted octanol–water partition coefficient (Wildman–Crippen LogP) is 3.32. The summed E-state index contributed by atoms with van der Waals surface area (Å²) in [5.74, 6) is -1.45. The fourth-order valence-electron chi connectivity index (χ4n) is 1.71. The number of aliphatic carboxylic acids is 1. The number of hydrogen-bond donors (Lipinski definition) is 2. The highest BCUT2D eigenvalue weighted by atomic mass is 127. The van der Waals surface area contributed by atoms with Gasteiger partial charge in [-0.25, -0.2) is 4.79 Å². The van der Waals surface area contributed by atoms with Crippen molar-refractivity contribution in [3.63, 3.8) is 0 Å². The van der Waals surface area contributed by atoms with Crippen molar-refractivity contribution >= 4 is 46.1 Å². The van der Waals surface area contributed by atoms with Gasteiger partial charge in [-0.1, -0.05) is 25.4 Å². The fraction of sp³-hybridized carbons (Fsp3) is 0.385. The normalized spacial score (nSPS) is 11.2. The van der Waals surface area contributed by atoms with Crippen molar-refractivity contribution in [2.75, 3.05) is 0 Å². The van der Waals surface area contributed by atoms with Crippen molar-refractivity contribution in [2.45, 2.75) is 32.2 Å². The van der Waals surface area contributed by atoms with E-state index in [2.05, 4.69) is 27.9 Å². The number of hydrogen-bond acceptors (Lipinski definition) is 2. The summed E-state index contributed by atoms with van der Waals surface area (Å²) in [5, 5.41) is 12.3. The topological polar surface area (TPSA) is 66.4 Å². The summed E-state index contributed by atoms with van der Waals surface area (Å²) in [6.07, 6.45) is 0.644. The fourth-order valence-corrected chi connectivity index (χ4v) is 2.23. The summed E-state index contributed by atoms with van der Waals surface area (Å²) >= 11 is 8.02. The van der Waals surface area contributed by atoms with Crippen LogP contribution in [0.3, 0.4) is 0 Å². The molecule has 0 atom stereocenters. The third kappa shape index (κ3) is 3.60. The monoisotopic (exact) mass is 395 g/mol. The minimum Gasteiger partial charge on any atom is -0.480 e. The first-order valence-corrected chi connectivity index (χ1v) is 7.33. The van der Waals surface area contributed by atoms with Gasteiger partial charge in [0.25, 0.3) is 5.91 Å². The standard InChI is InChI=1S/C13H15ClINO3/c1-3-13(4-2,12(18)19)16-11(17)8-5-6-10(15)9(14)7-8/h5-7H,3-4H2,1-2H3,(H,16,17)(H,18,19). The molecule has 0 heterocycles. The van der Waals surface area contributed by atoms with Crippen LogP contribution >= 0.6 is 34.2 Å². The van der Waals surface area contributed by atoms with Crippen molar-refractivity contribution in [1.82, 2.24) is 5.32 Å². The third-order valence-electron chi connectivity index (χ3n) is 3.15. The summed E-state index contributed by atoms with van der Waals surface area (Å²) < 4.78 is 0.839. The van der Waals surface area contributed by atoms with Gasteiger partial charge in [-0.3, -0.25) is 4.79 Å². The van der Waals surface area contributed by atoms with Crippen molar-refractivity contribution in [3.8, 4) is 0 Å². The average Bonchev–Trinajstić information content (AvgIpc) is 2.38. The van der Waals surface area contributed by atoms with Gasteiger partial charge in [0, 0.05) is 9.13 Å². The Kier molecular flexibility index (Phi) is 5.61. The smallest absolute Gasteiger partial charge is 0.329 e. The van der Waals surface area contributed by atoms with E-state index in [-0.39, 0.29) is 0 Å². The lowest BCUT2D eigenvalue weighted by Gasteiger charge is -2.28. The molecule has 19 heavy (non-hydrogen) atoms. The lowest BCUT2D eigenvalue weighted by atomic mass is 9.92. The number of nitrogens with one attached hydrogen (secondary N) is 1. The molecule has 2 N–H and O–H groups in total. The number of benzene rings is 1. The first-order valence-electron chi connectivity index (χ1n) is 5.87. The van der Waals surface area contributed by atoms with Crippen LogP contribution < -0.4 is 5.32 Å². The van der Waals surface area contributed by atoms with Crippen LogP contribution in [0.1, 0.15) is 37.0 Å². The van der Waals surface area contributed by atoms with E-state index in [4.69, 9.17) is 11.6 Å². The van der Waals surface area contributed by atoms with E-state index in [9.17, 15) is 14.7 Å². The Morgan fingerprint density at radius 3 is 2.37 bits per heavy atom. The largest absolute Gasteiger partial charge is 0.480 e. The maximum atomic E-state index is 12.1. The summed E-state index contributed by atoms with van der Waals surface area (Å²) in [4.78, 5) is 23.4. The molecule has 0 radical (unpaired) electrons. The van der Waals surface area contributed by atoms with E-state index in [0.29, 0.717) is 23.4 Å². The minimum atomic E-state index is -1.23. The molecule has 0 aliphatic rings. The molecule has 0 bridgehead atoms. The van der Waals surface area contributed by atoms with Crippen LogP contribution in [0.2, 0.25) is 5.02 Å². The molecule has 0 saturated heterocycles. The van der Waals surface area contributed by atoms with Crippen LogP contribution in [-0.4, -0.2) is 22.5 Å². The lowest BCUT2D eigenvalue weighted by molar-refractivity contribution is -0.144. The Morgan fingerprint density at radius 1 is 1.37 bits per heavy atom. The SMILES string of the molecule is CCC(CC)(NC(=O)c1ccc(I)c(Cl)c1)C(=O)O. The van der Waals surface area contributed by atoms with E-state index in [0.717, 1.165) is 3.57 Å². The molecule has 0 aliphatic carbocycles. The molecule has 1 aromatic carbocycles. The number of carbonyl (C=O) groups is 2. The number of carboxylic acids is 1. The van der Waals surface area contributed by atoms with E-state index in [1.54, 1.807) is 26.0 Å². The minimum absolute atomic E-state index is 0.322. The van der Waals surface area contributed by atoms with Crippen LogP contribution in [0.5, 0.6) is 0 Å². The summed E-state index contributed by atoms with van der Waals surface area (Å²) in [5.41, 5.74) is -0.870. The van der Waals surface area contributed by atoms with Gasteiger partial charge < -0.3 is 10.4 Å². The van der Waals surface area contributed by atoms with Crippen LogP contribution in [0.25, 0.3) is 0 Å². The second-order valence-electron chi connectivity index (χ2n) is 4.18. The summed E-state index contributed by atoms with van der Waals surface area (Å²) in [6.45, 7) is 3.47. The molecule has 1 aromatic rings. The van der Waals surface area contributed by atoms with Gasteiger partial charge in [0.15, 0.2) is 0 Å². The van der Waals surface area contributed by atoms with Crippen LogP contribution in [0, 0.1) is 3.57 Å². The molecule has 1 amide bonds. The molecular weight excluding hydrogens is 381 g/mol. The van der Waals surface area contributed by atoms with Crippen LogP contribution in [-0.2, 0) is 4.79 Å². The Morgan fingerprint density at radius 2 is 1.95 bits per heavy atom. The molecule has 0 aromatic heterocycles. The first kappa shape index (κ1) is 16.2. The second kappa shape index (κ2) is 6.56. The van der Waals surface area contributed by atoms with Crippen LogP contribution in [0.4, 0.5) is 0 Å². The van der Waals surface area contributed by atoms with Crippen molar-refractivity contribution in [3.05, 3.63) is 32.4 Å². The number of carboxylic acid groups (broad SMARTS) is 1. The van der Waals surface area contributed by atoms with Crippen LogP contribution in [0.15, 0.2) is 18.2 Å². The summed E-state index contributed by atoms with van der Waals surface area (Å²) in [6, 6.07) is 4.88. The number of carbonyl (C=O) groups excluding carboxylic acids is 1. The molecule has 0 saturated carbocycles. The molecule has 6 heteroatoms. The van der Waals surface area contributed by atoms with Crippen molar-refractivity contribution in [1.29, 1.82) is 0 Å². The van der Waals surface area contributed by atoms with Gasteiger partial charge in [0.05, 0.1) is 5.02 Å². The Labute approximate surface area is 130 Å². The van der Waals surface area contributed by atoms with Crippen molar-refractivity contribution < 1.29 is 14.7 Å². The maximum absolute atomic E-state index is 12.1. The maximum Gasteiger partial charge on any atom is 0.329 e. The first-order chi connectivity index (χ1) is 8.86. The van der Waals surface area contributed by atoms with E-state index in [1.807, 2.05) is 0 Å². The molecule has 0 unspecified atom stereocenters. The highest BCUT2D eigenvalue weighted by Gasteiger charge is 2.36. The molecule has 4 nitrogen and oxygen atoms in total. The van der Waals surface area contributed by atoms with Gasteiger partial charge in [-0.05, 0) is 53.6 Å². The second-order valence-corrected chi connectivity index (χ2v) is 5.75. The third-order valence-corrected chi connectivity index (χ3v) is 4.72. The van der Waals surface area contributed by atoms with Gasteiger partial charge in [-0.2, -0.15) is 0 Å². The molecule has 1 rings (SSSR count). The zero-order chi connectivity index (χ0) is 14.6. The zero-order valence-electron chi connectivity index (χ0n) is 10.7. The van der Waals surface area contributed by atoms with Crippen molar-refractivity contribution in [2.24, 2.45) is 0 Å². The number of rotatable bonds is 5. The highest BCUT2D eigenvalue weighted by molar-refractivity contribution is 14.1. The number of halogens is 2. The Balaban J connectivity index is 3.00. The van der Waals surface area contributed by atoms with Gasteiger partial charge >= 0.3 is 5.97 Å². The lowest BCUT2D eigenvalue weighted by Crippen LogP contribution is -2.53. The molecule has 104 valence electrons. The van der Waals surface area contributed by atoms with Gasteiger partial charge in [-0.15, -0.1) is 0 Å². The zero-order valence-corrected chi connectivity index (χ0v) is 13.6. The molecule has 0 fully saturated rings. The molecule has 0 spiro atoms. The summed E-state index contributed by atoms with van der Waals surface area (Å²) in [7, 11) is 0. The van der Waals surface area contributed by atoms with E-state index < -0.39 is 17.4 Å².